The number of aromatic hydroxyl groups is 1. The quantitative estimate of drug-likeness (QED) is 0.718. The van der Waals surface area contributed by atoms with Crippen LogP contribution in [0.2, 0.25) is 0 Å². The summed E-state index contributed by atoms with van der Waals surface area (Å²) in [5.74, 6) is 0.0815. The summed E-state index contributed by atoms with van der Waals surface area (Å²) in [5, 5.41) is 12.6. The highest BCUT2D eigenvalue weighted by Gasteiger charge is 2.29. The van der Waals surface area contributed by atoms with Crippen molar-refractivity contribution in [1.29, 1.82) is 0 Å². The van der Waals surface area contributed by atoms with E-state index in [0.29, 0.717) is 31.2 Å². The van der Waals surface area contributed by atoms with Gasteiger partial charge in [-0.25, -0.2) is 8.42 Å². The van der Waals surface area contributed by atoms with E-state index in [1.807, 2.05) is 0 Å². The lowest BCUT2D eigenvalue weighted by Gasteiger charge is -2.19. The fraction of sp³-hybridized carbons (Fsp3) is 0.588. The number of phenols is 1. The minimum absolute atomic E-state index is 0.107. The van der Waals surface area contributed by atoms with Crippen molar-refractivity contribution in [2.75, 3.05) is 28.5 Å². The zero-order valence-electron chi connectivity index (χ0n) is 14.9. The highest BCUT2D eigenvalue weighted by atomic mass is 32.2. The van der Waals surface area contributed by atoms with Crippen LogP contribution in [0.25, 0.3) is 0 Å². The zero-order chi connectivity index (χ0) is 18.6. The molecule has 1 atom stereocenters. The Bertz CT molecular complexity index is 718. The van der Waals surface area contributed by atoms with Crippen LogP contribution < -0.4 is 9.62 Å². The van der Waals surface area contributed by atoms with Gasteiger partial charge in [0.1, 0.15) is 11.9 Å². The number of sulfonamides is 1. The van der Waals surface area contributed by atoms with Crippen molar-refractivity contribution in [1.82, 2.24) is 0 Å². The van der Waals surface area contributed by atoms with Crippen molar-refractivity contribution in [2.24, 2.45) is 5.92 Å². The van der Waals surface area contributed by atoms with Crippen molar-refractivity contribution >= 4 is 27.3 Å². The molecule has 2 rings (SSSR count). The van der Waals surface area contributed by atoms with Crippen LogP contribution in [0.5, 0.6) is 5.75 Å². The number of nitrogens with one attached hydrogen (secondary N) is 1. The van der Waals surface area contributed by atoms with Crippen LogP contribution in [0.4, 0.5) is 11.4 Å². The number of nitrogens with zero attached hydrogens (tertiary/aromatic N) is 1. The molecule has 25 heavy (non-hydrogen) atoms. The van der Waals surface area contributed by atoms with E-state index >= 15 is 0 Å². The van der Waals surface area contributed by atoms with E-state index in [-0.39, 0.29) is 23.1 Å². The minimum atomic E-state index is -3.32. The van der Waals surface area contributed by atoms with E-state index in [1.165, 1.54) is 22.5 Å². The Morgan fingerprint density at radius 2 is 2.08 bits per heavy atom. The predicted molar refractivity (Wildman–Crippen MR) is 97.4 cm³/mol. The van der Waals surface area contributed by atoms with E-state index < -0.39 is 16.1 Å². The fourth-order valence-corrected chi connectivity index (χ4v) is 4.06. The molecule has 0 spiro atoms. The second-order valence-electron chi connectivity index (χ2n) is 6.63. The van der Waals surface area contributed by atoms with Crippen LogP contribution in [-0.2, 0) is 19.6 Å². The van der Waals surface area contributed by atoms with E-state index in [2.05, 4.69) is 19.2 Å². The van der Waals surface area contributed by atoms with Gasteiger partial charge < -0.3 is 15.2 Å². The van der Waals surface area contributed by atoms with Crippen molar-refractivity contribution in [3.8, 4) is 5.75 Å². The molecule has 0 aliphatic carbocycles. The lowest BCUT2D eigenvalue weighted by atomic mass is 10.1. The van der Waals surface area contributed by atoms with Crippen molar-refractivity contribution in [3.05, 3.63) is 18.2 Å². The number of amides is 1. The Labute approximate surface area is 149 Å². The second kappa shape index (κ2) is 8.05. The molecule has 0 saturated carbocycles. The molecule has 1 fully saturated rings. The minimum Gasteiger partial charge on any atom is -0.506 e. The van der Waals surface area contributed by atoms with Gasteiger partial charge in [0.15, 0.2) is 0 Å². The van der Waals surface area contributed by atoms with Crippen LogP contribution in [0, 0.1) is 5.92 Å². The number of benzene rings is 1. The number of ether oxygens (including phenoxy) is 1. The predicted octanol–water partition coefficient (Wildman–Crippen LogP) is 2.32. The lowest BCUT2D eigenvalue weighted by molar-refractivity contribution is -0.126. The van der Waals surface area contributed by atoms with Crippen LogP contribution in [0.15, 0.2) is 18.2 Å². The van der Waals surface area contributed by atoms with Gasteiger partial charge >= 0.3 is 0 Å². The smallest absolute Gasteiger partial charge is 0.253 e. The summed E-state index contributed by atoms with van der Waals surface area (Å²) in [5.41, 5.74) is 0.600. The number of hydrogen-bond acceptors (Lipinski definition) is 5. The Balaban J connectivity index is 2.06. The number of anilines is 2. The molecule has 1 aromatic rings. The first kappa shape index (κ1) is 19.5. The van der Waals surface area contributed by atoms with E-state index in [0.717, 1.165) is 6.42 Å². The Morgan fingerprint density at radius 3 is 2.68 bits per heavy atom. The topological polar surface area (TPSA) is 95.9 Å². The third-order valence-electron chi connectivity index (χ3n) is 4.06. The average molecular weight is 370 g/mol. The first-order valence-corrected chi connectivity index (χ1v) is 10.1. The largest absolute Gasteiger partial charge is 0.506 e. The van der Waals surface area contributed by atoms with Crippen LogP contribution in [0.3, 0.4) is 0 Å². The molecule has 1 aliphatic rings. The molecular formula is C17H26N2O5S. The van der Waals surface area contributed by atoms with E-state index in [1.54, 1.807) is 6.92 Å². The normalized spacial score (nSPS) is 17.7. The number of hydrogen-bond donors (Lipinski definition) is 2. The summed E-state index contributed by atoms with van der Waals surface area (Å²) in [7, 11) is -3.32. The summed E-state index contributed by atoms with van der Waals surface area (Å²) in [6, 6.07) is 4.37. The van der Waals surface area contributed by atoms with Gasteiger partial charge in [0.05, 0.1) is 17.1 Å². The maximum Gasteiger partial charge on any atom is 0.253 e. The van der Waals surface area contributed by atoms with Crippen LogP contribution >= 0.6 is 0 Å². The number of rotatable bonds is 7. The third kappa shape index (κ3) is 5.09. The van der Waals surface area contributed by atoms with E-state index in [9.17, 15) is 18.3 Å². The standard InChI is InChI=1S/C17H26N2O5S/c1-12(2)7-9-24-13(3)17(21)18-15-11-14(5-6-16(15)20)19-8-4-10-25(19,22)23/h5-6,11-13,20H,4,7-10H2,1-3H3,(H,18,21)/t13-/m0/s1. The van der Waals surface area contributed by atoms with Crippen molar-refractivity contribution in [3.63, 3.8) is 0 Å². The molecule has 8 heteroatoms. The SMILES string of the molecule is CC(C)CCO[C@@H](C)C(=O)Nc1cc(N2CCCS2(=O)=O)ccc1O. The number of carbonyl (C=O) groups excluding carboxylic acids is 1. The van der Waals surface area contributed by atoms with Crippen LogP contribution in [0.1, 0.15) is 33.6 Å². The highest BCUT2D eigenvalue weighted by Crippen LogP contribution is 2.32. The Hall–Kier alpha value is -1.80. The van der Waals surface area contributed by atoms with Crippen LogP contribution in [-0.4, -0.2) is 44.4 Å². The summed E-state index contributed by atoms with van der Waals surface area (Å²) in [6.07, 6.45) is 0.744. The molecule has 0 bridgehead atoms. The second-order valence-corrected chi connectivity index (χ2v) is 8.64. The zero-order valence-corrected chi connectivity index (χ0v) is 15.7. The maximum absolute atomic E-state index is 12.2. The first-order chi connectivity index (χ1) is 11.7. The van der Waals surface area contributed by atoms with Gasteiger partial charge in [-0.05, 0) is 43.9 Å². The van der Waals surface area contributed by atoms with Gasteiger partial charge in [0, 0.05) is 13.2 Å². The molecule has 0 unspecified atom stereocenters. The van der Waals surface area contributed by atoms with Gasteiger partial charge in [0.2, 0.25) is 10.0 Å². The first-order valence-electron chi connectivity index (χ1n) is 8.46. The molecule has 1 aromatic carbocycles. The van der Waals surface area contributed by atoms with Gasteiger partial charge in [-0.3, -0.25) is 9.10 Å². The summed E-state index contributed by atoms with van der Waals surface area (Å²) >= 11 is 0. The maximum atomic E-state index is 12.2. The third-order valence-corrected chi connectivity index (χ3v) is 5.93. The van der Waals surface area contributed by atoms with Crippen molar-refractivity contribution in [2.45, 2.75) is 39.7 Å². The van der Waals surface area contributed by atoms with Gasteiger partial charge in [0.25, 0.3) is 5.91 Å². The molecule has 7 nitrogen and oxygen atoms in total. The fourth-order valence-electron chi connectivity index (χ4n) is 2.50. The molecule has 1 aliphatic heterocycles. The molecule has 1 heterocycles. The Kier molecular flexibility index (Phi) is 6.29. The molecule has 1 saturated heterocycles. The summed E-state index contributed by atoms with van der Waals surface area (Å²) in [6.45, 7) is 6.66. The molecule has 0 aromatic heterocycles. The number of phenolic OH excluding ortho intramolecular Hbond substituents is 1. The summed E-state index contributed by atoms with van der Waals surface area (Å²) in [4.78, 5) is 12.2. The highest BCUT2D eigenvalue weighted by molar-refractivity contribution is 7.93. The lowest BCUT2D eigenvalue weighted by Crippen LogP contribution is -2.29. The molecule has 2 N–H and O–H groups in total. The molecular weight excluding hydrogens is 344 g/mol. The van der Waals surface area contributed by atoms with Crippen molar-refractivity contribution < 1.29 is 23.1 Å². The monoisotopic (exact) mass is 370 g/mol. The van der Waals surface area contributed by atoms with Gasteiger partial charge in [-0.1, -0.05) is 13.8 Å². The van der Waals surface area contributed by atoms with Gasteiger partial charge in [-0.15, -0.1) is 0 Å². The summed E-state index contributed by atoms with van der Waals surface area (Å²) < 4.78 is 30.8. The van der Waals surface area contributed by atoms with E-state index in [4.69, 9.17) is 4.74 Å². The average Bonchev–Trinajstić information content (AvgIpc) is 2.88. The Morgan fingerprint density at radius 1 is 1.36 bits per heavy atom. The molecule has 0 radical (unpaired) electrons. The molecule has 1 amide bonds. The molecule has 140 valence electrons. The van der Waals surface area contributed by atoms with Gasteiger partial charge in [-0.2, -0.15) is 0 Å². The number of carbonyl (C=O) groups is 1.